The summed E-state index contributed by atoms with van der Waals surface area (Å²) in [6.45, 7) is 6.77. The first-order valence-electron chi connectivity index (χ1n) is 10.4. The fourth-order valence-electron chi connectivity index (χ4n) is 6.61. The van der Waals surface area contributed by atoms with Gasteiger partial charge < -0.3 is 29.3 Å². The van der Waals surface area contributed by atoms with Crippen molar-refractivity contribution in [3.63, 3.8) is 0 Å². The number of hydrogen-bond acceptors (Lipinski definition) is 5. The minimum atomic E-state index is -0.860. The van der Waals surface area contributed by atoms with Crippen molar-refractivity contribution < 1.29 is 29.3 Å². The molecule has 0 radical (unpaired) electrons. The van der Waals surface area contributed by atoms with Gasteiger partial charge in [0.2, 0.25) is 0 Å². The molecule has 1 aromatic rings. The summed E-state index contributed by atoms with van der Waals surface area (Å²) < 4.78 is 17.7. The summed E-state index contributed by atoms with van der Waals surface area (Å²) in [7, 11) is 1.66. The van der Waals surface area contributed by atoms with Crippen LogP contribution in [0.4, 0.5) is 0 Å². The third-order valence-corrected chi connectivity index (χ3v) is 7.68. The third-order valence-electron chi connectivity index (χ3n) is 7.68. The van der Waals surface area contributed by atoms with Gasteiger partial charge in [-0.25, -0.2) is 0 Å². The number of quaternary nitrogens is 1. The fourth-order valence-corrected chi connectivity index (χ4v) is 6.61. The Balaban J connectivity index is 0.00000128. The number of ether oxygens (including phenoxy) is 3. The Labute approximate surface area is 180 Å². The molecule has 5 rings (SSSR count). The summed E-state index contributed by atoms with van der Waals surface area (Å²) in [6, 6.07) is 3.85. The molecular weight excluding hydrogens is 382 g/mol. The van der Waals surface area contributed by atoms with Crippen LogP contribution in [0, 0.1) is 0 Å². The lowest BCUT2D eigenvalue weighted by atomic mass is 9.48. The zero-order chi connectivity index (χ0) is 19.5. The molecule has 0 amide bonds. The molecule has 1 saturated carbocycles. The van der Waals surface area contributed by atoms with Crippen molar-refractivity contribution in [2.75, 3.05) is 33.4 Å². The number of hydrogen-bond donors (Lipinski definition) is 3. The van der Waals surface area contributed by atoms with E-state index in [1.165, 1.54) is 10.5 Å². The molecule has 1 spiro atoms. The summed E-state index contributed by atoms with van der Waals surface area (Å²) >= 11 is 0. The van der Waals surface area contributed by atoms with Crippen LogP contribution in [-0.4, -0.2) is 67.5 Å². The van der Waals surface area contributed by atoms with Crippen molar-refractivity contribution in [3.05, 3.63) is 35.9 Å². The van der Waals surface area contributed by atoms with E-state index >= 15 is 0 Å². The average molecular weight is 421 g/mol. The first-order chi connectivity index (χ1) is 13.6. The van der Waals surface area contributed by atoms with E-state index < -0.39 is 11.0 Å². The molecule has 30 heavy (non-hydrogen) atoms. The largest absolute Gasteiger partial charge is 0.504 e. The Morgan fingerprint density at radius 1 is 1.30 bits per heavy atom. The molecule has 2 unspecified atom stereocenters. The highest BCUT2D eigenvalue weighted by Crippen LogP contribution is 2.63. The molecule has 3 N–H and O–H groups in total. The lowest BCUT2D eigenvalue weighted by molar-refractivity contribution is -0.937. The summed E-state index contributed by atoms with van der Waals surface area (Å²) in [5, 5.41) is 22.7. The van der Waals surface area contributed by atoms with Crippen LogP contribution in [-0.2, 0) is 21.3 Å². The molecule has 2 aliphatic heterocycles. The van der Waals surface area contributed by atoms with Crippen LogP contribution in [0.25, 0.3) is 0 Å². The second kappa shape index (κ2) is 8.15. The summed E-state index contributed by atoms with van der Waals surface area (Å²) in [5.41, 5.74) is 0.860. The van der Waals surface area contributed by atoms with E-state index in [0.29, 0.717) is 25.4 Å². The summed E-state index contributed by atoms with van der Waals surface area (Å²) in [5.74, 6) is 0.730. The molecule has 0 aromatic heterocycles. The highest BCUT2D eigenvalue weighted by molar-refractivity contribution is 5.62. The minimum Gasteiger partial charge on any atom is -0.504 e. The van der Waals surface area contributed by atoms with E-state index in [0.717, 1.165) is 37.9 Å². The summed E-state index contributed by atoms with van der Waals surface area (Å²) in [6.07, 6.45) is 4.61. The van der Waals surface area contributed by atoms with Crippen LogP contribution in [0.3, 0.4) is 0 Å². The van der Waals surface area contributed by atoms with E-state index in [1.807, 2.05) is 12.1 Å². The van der Waals surface area contributed by atoms with E-state index in [-0.39, 0.29) is 38.9 Å². The maximum atomic E-state index is 12.2. The number of rotatable bonds is 6. The van der Waals surface area contributed by atoms with Crippen molar-refractivity contribution in [3.8, 4) is 11.5 Å². The zero-order valence-corrected chi connectivity index (χ0v) is 16.4. The second-order valence-corrected chi connectivity index (χ2v) is 8.73. The van der Waals surface area contributed by atoms with E-state index in [2.05, 4.69) is 6.58 Å². The average Bonchev–Trinajstić information content (AvgIpc) is 3.03. The van der Waals surface area contributed by atoms with Gasteiger partial charge in [-0.15, -0.1) is 0 Å². The number of piperidine rings is 1. The standard InChI is InChI=1S/C22H29NO5.2CH4/c1-3-9-23-10-8-21-18-14-4-5-15(24)19(18)28-20(21)16(27-12-11-26-2)6-7-22(21,25)17(23)13-14;;/h3-5,16-17,20,24-25H,1,6-13H2,2H3;2*1H4/p+1/t16-,17?,20-,21-,22+;;/m0../s1. The van der Waals surface area contributed by atoms with Crippen LogP contribution in [0.2, 0.25) is 0 Å². The van der Waals surface area contributed by atoms with Crippen molar-refractivity contribution in [2.45, 2.75) is 69.8 Å². The van der Waals surface area contributed by atoms with Crippen molar-refractivity contribution in [1.82, 2.24) is 0 Å². The van der Waals surface area contributed by atoms with Gasteiger partial charge in [0.25, 0.3) is 0 Å². The number of phenolic OH excluding ortho intramolecular Hbond substituents is 1. The molecule has 6 heteroatoms. The molecular formula is C24H38NO5+. The Morgan fingerprint density at radius 2 is 2.10 bits per heavy atom. The van der Waals surface area contributed by atoms with Gasteiger partial charge >= 0.3 is 0 Å². The maximum Gasteiger partial charge on any atom is 0.165 e. The number of methoxy groups -OCH3 is 1. The normalized spacial score (nSPS) is 37.3. The molecule has 6 atom stereocenters. The van der Waals surface area contributed by atoms with Gasteiger partial charge in [-0.1, -0.05) is 27.5 Å². The Morgan fingerprint density at radius 3 is 2.83 bits per heavy atom. The predicted octanol–water partition coefficient (Wildman–Crippen LogP) is 1.62. The van der Waals surface area contributed by atoms with Crippen LogP contribution in [0.15, 0.2) is 24.8 Å². The molecule has 2 heterocycles. The number of nitrogens with one attached hydrogen (secondary N) is 1. The molecule has 2 bridgehead atoms. The topological polar surface area (TPSA) is 72.6 Å². The summed E-state index contributed by atoms with van der Waals surface area (Å²) in [4.78, 5) is 1.40. The zero-order valence-electron chi connectivity index (χ0n) is 16.4. The lowest BCUT2D eigenvalue weighted by Gasteiger charge is -2.61. The van der Waals surface area contributed by atoms with Crippen LogP contribution >= 0.6 is 0 Å². The van der Waals surface area contributed by atoms with Gasteiger partial charge in [0.1, 0.15) is 17.7 Å². The quantitative estimate of drug-likeness (QED) is 0.482. The van der Waals surface area contributed by atoms with E-state index in [4.69, 9.17) is 14.2 Å². The van der Waals surface area contributed by atoms with E-state index in [1.54, 1.807) is 13.2 Å². The predicted molar refractivity (Wildman–Crippen MR) is 116 cm³/mol. The monoisotopic (exact) mass is 420 g/mol. The van der Waals surface area contributed by atoms with Gasteiger partial charge in [0.05, 0.1) is 37.8 Å². The van der Waals surface area contributed by atoms with Gasteiger partial charge in [-0.2, -0.15) is 0 Å². The first-order valence-corrected chi connectivity index (χ1v) is 10.4. The fraction of sp³-hybridized carbons (Fsp3) is 0.667. The number of aliphatic hydroxyl groups is 1. The van der Waals surface area contributed by atoms with Crippen molar-refractivity contribution in [1.29, 1.82) is 0 Å². The van der Waals surface area contributed by atoms with Crippen LogP contribution < -0.4 is 9.64 Å². The first kappa shape index (κ1) is 23.1. The van der Waals surface area contributed by atoms with Crippen LogP contribution in [0.5, 0.6) is 11.5 Å². The SMILES string of the molecule is C.C.C=CC[NH+]1CC[C@]23c4c5ccc(O)c4O[C@H]2[C@@H](OCCOC)CC[C@@]3(O)C1C5. The minimum absolute atomic E-state index is 0. The number of likely N-dealkylation sites (tertiary alicyclic amines) is 1. The molecule has 168 valence electrons. The number of phenols is 1. The molecule has 4 aliphatic rings. The lowest BCUT2D eigenvalue weighted by Crippen LogP contribution is -3.21. The van der Waals surface area contributed by atoms with Gasteiger partial charge in [-0.3, -0.25) is 0 Å². The molecule has 6 nitrogen and oxygen atoms in total. The van der Waals surface area contributed by atoms with Crippen LogP contribution in [0.1, 0.15) is 45.2 Å². The molecule has 1 aromatic carbocycles. The highest BCUT2D eigenvalue weighted by atomic mass is 16.6. The van der Waals surface area contributed by atoms with Crippen molar-refractivity contribution in [2.24, 2.45) is 0 Å². The highest BCUT2D eigenvalue weighted by Gasteiger charge is 2.74. The third kappa shape index (κ3) is 2.77. The molecule has 2 fully saturated rings. The molecule has 2 aliphatic carbocycles. The van der Waals surface area contributed by atoms with Gasteiger partial charge in [0.15, 0.2) is 11.5 Å². The Hall–Kier alpha value is -1.60. The van der Waals surface area contributed by atoms with Crippen molar-refractivity contribution >= 4 is 0 Å². The molecule has 1 saturated heterocycles. The second-order valence-electron chi connectivity index (χ2n) is 8.73. The Kier molecular flexibility index (Phi) is 6.27. The Bertz CT molecular complexity index is 798. The number of benzene rings is 1. The van der Waals surface area contributed by atoms with E-state index in [9.17, 15) is 10.2 Å². The smallest absolute Gasteiger partial charge is 0.165 e. The maximum absolute atomic E-state index is 12.2. The van der Waals surface area contributed by atoms with Gasteiger partial charge in [-0.05, 0) is 30.5 Å². The number of aromatic hydroxyl groups is 1. The van der Waals surface area contributed by atoms with Gasteiger partial charge in [0, 0.05) is 25.5 Å².